The lowest BCUT2D eigenvalue weighted by molar-refractivity contribution is -0.137. The van der Waals surface area contributed by atoms with Crippen LogP contribution in [0.2, 0.25) is 0 Å². The van der Waals surface area contributed by atoms with Gasteiger partial charge >= 0.3 is 12.2 Å². The maximum Gasteiger partial charge on any atom is 0.416 e. The number of anilines is 2. The van der Waals surface area contributed by atoms with E-state index in [-0.39, 0.29) is 19.0 Å². The number of para-hydroxylation sites is 1. The average Bonchev–Trinajstić information content (AvgIpc) is 3.01. The fourth-order valence-corrected chi connectivity index (χ4v) is 7.32. The van der Waals surface area contributed by atoms with E-state index in [1.807, 2.05) is 35.0 Å². The quantitative estimate of drug-likeness (QED) is 0.255. The first-order valence-corrected chi connectivity index (χ1v) is 13.9. The van der Waals surface area contributed by atoms with Gasteiger partial charge in [-0.1, -0.05) is 23.9 Å². The highest BCUT2D eigenvalue weighted by molar-refractivity contribution is 14.1. The highest BCUT2D eigenvalue weighted by atomic mass is 127. The van der Waals surface area contributed by atoms with Crippen molar-refractivity contribution in [3.63, 3.8) is 0 Å². The number of aliphatic hydroxyl groups is 1. The molecular weight excluding hydrogens is 723 g/mol. The molecule has 1 spiro atoms. The Kier molecular flexibility index (Phi) is 7.15. The van der Waals surface area contributed by atoms with Gasteiger partial charge in [-0.05, 0) is 43.2 Å². The molecule has 3 amide bonds. The number of halogens is 5. The first-order chi connectivity index (χ1) is 17.0. The zero-order chi connectivity index (χ0) is 25.8. The predicted molar refractivity (Wildman–Crippen MR) is 146 cm³/mol. The van der Waals surface area contributed by atoms with Crippen LogP contribution in [0.3, 0.4) is 0 Å². The lowest BCUT2D eigenvalue weighted by Gasteiger charge is -2.37. The van der Waals surface area contributed by atoms with Crippen LogP contribution in [0.15, 0.2) is 52.3 Å². The average molecular weight is 744 g/mol. The van der Waals surface area contributed by atoms with Crippen molar-refractivity contribution < 1.29 is 27.9 Å². The van der Waals surface area contributed by atoms with Crippen molar-refractivity contribution in [1.82, 2.24) is 11.1 Å². The molecule has 0 bridgehead atoms. The third-order valence-electron chi connectivity index (χ3n) is 6.69. The molecule has 5 rings (SSSR count). The summed E-state index contributed by atoms with van der Waals surface area (Å²) in [6.07, 6.45) is -4.69. The molecule has 1 unspecified atom stereocenters. The van der Waals surface area contributed by atoms with Crippen molar-refractivity contribution in [1.29, 1.82) is 0 Å². The van der Waals surface area contributed by atoms with Crippen LogP contribution in [0.1, 0.15) is 18.4 Å². The molecule has 0 aliphatic carbocycles. The number of fused-ring (bicyclic) bond motifs is 2. The van der Waals surface area contributed by atoms with Crippen LogP contribution in [0.5, 0.6) is 0 Å². The molecule has 3 aliphatic rings. The largest absolute Gasteiger partial charge is 0.416 e. The minimum absolute atomic E-state index is 0.0846. The molecule has 192 valence electrons. The third-order valence-corrected chi connectivity index (χ3v) is 10.1. The van der Waals surface area contributed by atoms with Gasteiger partial charge in [0, 0.05) is 45.7 Å². The second-order valence-electron chi connectivity index (χ2n) is 8.94. The standard InChI is InChI=1S/C23H21F3I2N4O3S/c24-23(25,26)14-5-6-19-17(11-14)30(16-3-1-2-4-18(16)36-19)12-15(33)13-31-20(34)22(32(28)21(31)35)7-9-29(27)10-8-22/h1-6,11,15,33H,7-10,12-13H2. The summed E-state index contributed by atoms with van der Waals surface area (Å²) in [5.74, 6) is -0.334. The van der Waals surface area contributed by atoms with Gasteiger partial charge in [0.05, 0.1) is 59.0 Å². The molecule has 3 heterocycles. The summed E-state index contributed by atoms with van der Waals surface area (Å²) < 4.78 is 43.9. The minimum Gasteiger partial charge on any atom is -0.389 e. The van der Waals surface area contributed by atoms with Gasteiger partial charge in [0.2, 0.25) is 0 Å². The summed E-state index contributed by atoms with van der Waals surface area (Å²) in [4.78, 5) is 30.6. The van der Waals surface area contributed by atoms with Crippen molar-refractivity contribution in [2.24, 2.45) is 0 Å². The van der Waals surface area contributed by atoms with E-state index < -0.39 is 29.4 Å². The molecule has 0 saturated carbocycles. The number of β-amino-alcohol motifs (C(OH)–C–C–N with tert-alkyl or cyclic N) is 1. The Morgan fingerprint density at radius 3 is 2.31 bits per heavy atom. The van der Waals surface area contributed by atoms with E-state index in [0.29, 0.717) is 42.2 Å². The van der Waals surface area contributed by atoms with Gasteiger partial charge in [0.25, 0.3) is 5.91 Å². The SMILES string of the molecule is O=C1N(CC(O)CN2c3ccccc3Sc3ccc(C(F)(F)F)cc32)C(=O)C2(CCN(I)CC2)N1I. The second kappa shape index (κ2) is 9.78. The maximum absolute atomic E-state index is 13.5. The maximum atomic E-state index is 13.5. The molecular formula is C23H21F3I2N4O3S. The van der Waals surface area contributed by atoms with Gasteiger partial charge in [-0.3, -0.25) is 12.8 Å². The van der Waals surface area contributed by atoms with Gasteiger partial charge in [0.15, 0.2) is 0 Å². The number of carbonyl (C=O) groups excluding carboxylic acids is 2. The Morgan fingerprint density at radius 2 is 1.61 bits per heavy atom. The number of amides is 3. The monoisotopic (exact) mass is 744 g/mol. The fraction of sp³-hybridized carbons (Fsp3) is 0.391. The van der Waals surface area contributed by atoms with E-state index in [9.17, 15) is 27.9 Å². The van der Waals surface area contributed by atoms with Gasteiger partial charge < -0.3 is 10.0 Å². The van der Waals surface area contributed by atoms with Crippen LogP contribution in [-0.2, 0) is 11.0 Å². The number of aliphatic hydroxyl groups excluding tert-OH is 1. The fourth-order valence-electron chi connectivity index (χ4n) is 4.81. The predicted octanol–water partition coefficient (Wildman–Crippen LogP) is 5.47. The molecule has 13 heteroatoms. The van der Waals surface area contributed by atoms with Crippen LogP contribution in [0.4, 0.5) is 29.3 Å². The zero-order valence-electron chi connectivity index (χ0n) is 18.7. The molecule has 2 aromatic rings. The Bertz CT molecular complexity index is 1210. The van der Waals surface area contributed by atoms with E-state index >= 15 is 0 Å². The molecule has 2 aromatic carbocycles. The molecule has 3 aliphatic heterocycles. The lowest BCUT2D eigenvalue weighted by atomic mass is 9.88. The van der Waals surface area contributed by atoms with Crippen LogP contribution in [-0.4, -0.2) is 66.0 Å². The summed E-state index contributed by atoms with van der Waals surface area (Å²) in [7, 11) is 0. The smallest absolute Gasteiger partial charge is 0.389 e. The normalized spacial score (nSPS) is 20.7. The summed E-state index contributed by atoms with van der Waals surface area (Å²) >= 11 is 5.43. The second-order valence-corrected chi connectivity index (χ2v) is 12.3. The van der Waals surface area contributed by atoms with Gasteiger partial charge in [-0.25, -0.2) is 7.91 Å². The van der Waals surface area contributed by atoms with E-state index in [2.05, 4.69) is 26.0 Å². The number of rotatable bonds is 4. The van der Waals surface area contributed by atoms with Crippen molar-refractivity contribution in [2.75, 3.05) is 31.1 Å². The number of alkyl halides is 3. The number of hydrogen-bond donors (Lipinski definition) is 1. The number of carbonyl (C=O) groups is 2. The Morgan fingerprint density at radius 1 is 0.972 bits per heavy atom. The Balaban J connectivity index is 1.41. The van der Waals surface area contributed by atoms with Crippen LogP contribution in [0, 0.1) is 0 Å². The van der Waals surface area contributed by atoms with Crippen molar-refractivity contribution in [3.8, 4) is 0 Å². The van der Waals surface area contributed by atoms with Gasteiger partial charge in [-0.15, -0.1) is 0 Å². The summed E-state index contributed by atoms with van der Waals surface area (Å²) in [5.41, 5.74) is -0.724. The molecule has 2 saturated heterocycles. The van der Waals surface area contributed by atoms with Crippen LogP contribution >= 0.6 is 57.5 Å². The lowest BCUT2D eigenvalue weighted by Crippen LogP contribution is -2.52. The molecule has 1 N–H and O–H groups in total. The molecule has 1 atom stereocenters. The van der Waals surface area contributed by atoms with Crippen LogP contribution in [0.25, 0.3) is 0 Å². The number of piperidine rings is 1. The molecule has 36 heavy (non-hydrogen) atoms. The third kappa shape index (κ3) is 4.58. The summed E-state index contributed by atoms with van der Waals surface area (Å²) in [6.45, 7) is 0.998. The van der Waals surface area contributed by atoms with E-state index in [0.717, 1.165) is 21.9 Å². The Labute approximate surface area is 237 Å². The van der Waals surface area contributed by atoms with Gasteiger partial charge in [-0.2, -0.15) is 13.2 Å². The first-order valence-electron chi connectivity index (χ1n) is 11.2. The summed E-state index contributed by atoms with van der Waals surface area (Å²) in [6, 6.07) is 10.4. The number of nitrogens with zero attached hydrogens (tertiary/aromatic N) is 4. The topological polar surface area (TPSA) is 67.3 Å². The first kappa shape index (κ1) is 26.3. The van der Waals surface area contributed by atoms with E-state index in [1.165, 1.54) is 20.9 Å². The zero-order valence-corrected chi connectivity index (χ0v) is 23.8. The molecule has 0 aromatic heterocycles. The number of hydrogen-bond acceptors (Lipinski definition) is 6. The molecule has 2 fully saturated rings. The van der Waals surface area contributed by atoms with Crippen molar-refractivity contribution in [2.45, 2.75) is 40.5 Å². The molecule has 7 nitrogen and oxygen atoms in total. The highest BCUT2D eigenvalue weighted by Gasteiger charge is 2.57. The number of benzene rings is 2. The highest BCUT2D eigenvalue weighted by Crippen LogP contribution is 2.49. The van der Waals surface area contributed by atoms with Crippen LogP contribution < -0.4 is 4.90 Å². The van der Waals surface area contributed by atoms with Crippen molar-refractivity contribution in [3.05, 3.63) is 48.0 Å². The minimum atomic E-state index is -4.51. The Hall–Kier alpha value is -1.30. The number of urea groups is 1. The van der Waals surface area contributed by atoms with E-state index in [4.69, 9.17) is 0 Å². The summed E-state index contributed by atoms with van der Waals surface area (Å²) in [5, 5.41) is 11.0. The van der Waals surface area contributed by atoms with Crippen molar-refractivity contribution >= 4 is 80.8 Å². The molecule has 0 radical (unpaired) electrons. The van der Waals surface area contributed by atoms with E-state index in [1.54, 1.807) is 17.0 Å². The number of imide groups is 1. The van der Waals surface area contributed by atoms with Gasteiger partial charge in [0.1, 0.15) is 5.54 Å².